The van der Waals surface area contributed by atoms with Crippen molar-refractivity contribution >= 4 is 30.3 Å². The van der Waals surface area contributed by atoms with Gasteiger partial charge in [0.1, 0.15) is 12.1 Å². The van der Waals surface area contributed by atoms with E-state index in [1.54, 1.807) is 13.8 Å². The van der Waals surface area contributed by atoms with E-state index in [-0.39, 0.29) is 24.9 Å². The molecule has 0 bridgehead atoms. The lowest BCUT2D eigenvalue weighted by Gasteiger charge is -2.27. The maximum Gasteiger partial charge on any atom is 0.326 e. The molecule has 1 saturated heterocycles. The lowest BCUT2D eigenvalue weighted by molar-refractivity contribution is -0.150. The van der Waals surface area contributed by atoms with Crippen LogP contribution in [0.1, 0.15) is 38.7 Å². The molecule has 0 spiro atoms. The van der Waals surface area contributed by atoms with Gasteiger partial charge in [0.2, 0.25) is 5.91 Å². The van der Waals surface area contributed by atoms with Crippen molar-refractivity contribution in [2.75, 3.05) is 13.2 Å². The Labute approximate surface area is 171 Å². The van der Waals surface area contributed by atoms with Crippen molar-refractivity contribution in [1.82, 2.24) is 10.2 Å². The molecule has 3 atom stereocenters. The van der Waals surface area contributed by atoms with Gasteiger partial charge in [-0.3, -0.25) is 14.9 Å². The van der Waals surface area contributed by atoms with E-state index in [4.69, 9.17) is 4.74 Å². The fraction of sp³-hybridized carbons (Fsp3) is 0.550. The first kappa shape index (κ1) is 23.9. The standard InChI is InChI=1S/C20H28N2O5.ClH/c1-3-27-20(26)16(12-11-15-8-5-4-6-9-15)21-14(2)18(23)22-13-7-10-17(22)19(24)25;/h4-6,8-9,14,16-17,21H,3,7,10-13H2,1-2H3,(H,24,25);1H/t14-,16+,17-;/m0./s1. The number of carboxylic acid groups (broad SMARTS) is 1. The summed E-state index contributed by atoms with van der Waals surface area (Å²) < 4.78 is 5.14. The molecule has 1 aromatic rings. The molecular formula is C20H29ClN2O5. The molecule has 0 aromatic heterocycles. The van der Waals surface area contributed by atoms with E-state index >= 15 is 0 Å². The molecule has 1 aliphatic heterocycles. The smallest absolute Gasteiger partial charge is 0.326 e. The largest absolute Gasteiger partial charge is 0.480 e. The van der Waals surface area contributed by atoms with Crippen LogP contribution in [0, 0.1) is 0 Å². The van der Waals surface area contributed by atoms with Gasteiger partial charge in [-0.15, -0.1) is 12.4 Å². The number of hydrogen-bond acceptors (Lipinski definition) is 5. The Kier molecular flexibility index (Phi) is 9.96. The topological polar surface area (TPSA) is 95.9 Å². The minimum atomic E-state index is -0.987. The van der Waals surface area contributed by atoms with Gasteiger partial charge in [-0.25, -0.2) is 4.79 Å². The minimum Gasteiger partial charge on any atom is -0.480 e. The van der Waals surface area contributed by atoms with Crippen LogP contribution in [0.3, 0.4) is 0 Å². The minimum absolute atomic E-state index is 0. The van der Waals surface area contributed by atoms with E-state index in [1.165, 1.54) is 4.90 Å². The number of ether oxygens (including phenoxy) is 1. The number of amides is 1. The lowest BCUT2D eigenvalue weighted by Crippen LogP contribution is -2.53. The highest BCUT2D eigenvalue weighted by atomic mass is 35.5. The molecule has 8 heteroatoms. The van der Waals surface area contributed by atoms with Gasteiger partial charge in [-0.1, -0.05) is 30.3 Å². The van der Waals surface area contributed by atoms with E-state index in [0.717, 1.165) is 5.56 Å². The molecule has 7 nitrogen and oxygen atoms in total. The van der Waals surface area contributed by atoms with Crippen molar-refractivity contribution in [2.45, 2.75) is 57.7 Å². The van der Waals surface area contributed by atoms with Crippen molar-refractivity contribution in [3.05, 3.63) is 35.9 Å². The highest BCUT2D eigenvalue weighted by Crippen LogP contribution is 2.19. The van der Waals surface area contributed by atoms with Gasteiger partial charge >= 0.3 is 11.9 Å². The zero-order valence-corrected chi connectivity index (χ0v) is 17.1. The van der Waals surface area contributed by atoms with Crippen molar-refractivity contribution in [3.63, 3.8) is 0 Å². The molecule has 1 aliphatic rings. The molecule has 2 rings (SSSR count). The summed E-state index contributed by atoms with van der Waals surface area (Å²) in [5, 5.41) is 12.3. The number of halogens is 1. The van der Waals surface area contributed by atoms with E-state index in [2.05, 4.69) is 5.32 Å². The molecule has 2 N–H and O–H groups in total. The SMILES string of the molecule is CCOC(=O)[C@@H](CCc1ccccc1)N[C@@H](C)C(=O)N1CCC[C@H]1C(=O)O.Cl. The molecule has 0 radical (unpaired) electrons. The summed E-state index contributed by atoms with van der Waals surface area (Å²) >= 11 is 0. The maximum absolute atomic E-state index is 12.7. The predicted molar refractivity (Wildman–Crippen MR) is 107 cm³/mol. The summed E-state index contributed by atoms with van der Waals surface area (Å²) in [6.45, 7) is 4.09. The number of nitrogens with zero attached hydrogens (tertiary/aromatic N) is 1. The summed E-state index contributed by atoms with van der Waals surface area (Å²) in [6, 6.07) is 7.69. The van der Waals surface area contributed by atoms with Crippen LogP contribution in [0.5, 0.6) is 0 Å². The van der Waals surface area contributed by atoms with E-state index < -0.39 is 30.1 Å². The molecule has 0 aliphatic carbocycles. The van der Waals surface area contributed by atoms with Crippen LogP contribution in [0.2, 0.25) is 0 Å². The molecule has 1 fully saturated rings. The highest BCUT2D eigenvalue weighted by Gasteiger charge is 2.36. The number of benzene rings is 1. The van der Waals surface area contributed by atoms with Crippen LogP contribution in [-0.2, 0) is 25.5 Å². The summed E-state index contributed by atoms with van der Waals surface area (Å²) in [6.07, 6.45) is 2.29. The van der Waals surface area contributed by atoms with Crippen LogP contribution < -0.4 is 5.32 Å². The van der Waals surface area contributed by atoms with Crippen molar-refractivity contribution in [1.29, 1.82) is 0 Å². The summed E-state index contributed by atoms with van der Waals surface area (Å²) in [7, 11) is 0. The Morgan fingerprint density at radius 2 is 1.96 bits per heavy atom. The van der Waals surface area contributed by atoms with E-state index in [9.17, 15) is 19.5 Å². The molecule has 1 aromatic carbocycles. The van der Waals surface area contributed by atoms with Crippen LogP contribution in [-0.4, -0.2) is 59.1 Å². The fourth-order valence-electron chi connectivity index (χ4n) is 3.38. The first-order valence-corrected chi connectivity index (χ1v) is 9.44. The van der Waals surface area contributed by atoms with Gasteiger partial charge < -0.3 is 14.7 Å². The Hall–Kier alpha value is -2.12. The zero-order chi connectivity index (χ0) is 19.8. The number of hydrogen-bond donors (Lipinski definition) is 2. The lowest BCUT2D eigenvalue weighted by atomic mass is 10.0. The normalized spacial score (nSPS) is 18.1. The highest BCUT2D eigenvalue weighted by molar-refractivity contribution is 5.88. The predicted octanol–water partition coefficient (Wildman–Crippen LogP) is 2.03. The first-order chi connectivity index (χ1) is 12.9. The number of aryl methyl sites for hydroxylation is 1. The van der Waals surface area contributed by atoms with Crippen LogP contribution >= 0.6 is 12.4 Å². The Morgan fingerprint density at radius 3 is 2.57 bits per heavy atom. The van der Waals surface area contributed by atoms with Gasteiger partial charge in [-0.05, 0) is 45.1 Å². The Balaban J connectivity index is 0.00000392. The Bertz CT molecular complexity index is 655. The van der Waals surface area contributed by atoms with Gasteiger partial charge in [0.25, 0.3) is 0 Å². The second kappa shape index (κ2) is 11.7. The molecule has 1 heterocycles. The van der Waals surface area contributed by atoms with Gasteiger partial charge in [0.05, 0.1) is 12.6 Å². The van der Waals surface area contributed by atoms with Crippen LogP contribution in [0.4, 0.5) is 0 Å². The summed E-state index contributed by atoms with van der Waals surface area (Å²) in [4.78, 5) is 37.7. The molecular weight excluding hydrogens is 384 g/mol. The van der Waals surface area contributed by atoms with E-state index in [0.29, 0.717) is 32.2 Å². The quantitative estimate of drug-likeness (QED) is 0.602. The second-order valence-electron chi connectivity index (χ2n) is 6.75. The average Bonchev–Trinajstić information content (AvgIpc) is 3.15. The summed E-state index contributed by atoms with van der Waals surface area (Å²) in [5.41, 5.74) is 1.10. The number of likely N-dealkylation sites (tertiary alicyclic amines) is 1. The summed E-state index contributed by atoms with van der Waals surface area (Å²) in [5.74, 6) is -1.68. The molecule has 0 saturated carbocycles. The van der Waals surface area contributed by atoms with Crippen LogP contribution in [0.25, 0.3) is 0 Å². The van der Waals surface area contributed by atoms with Crippen molar-refractivity contribution in [3.8, 4) is 0 Å². The third-order valence-electron chi connectivity index (χ3n) is 4.78. The fourth-order valence-corrected chi connectivity index (χ4v) is 3.38. The zero-order valence-electron chi connectivity index (χ0n) is 16.3. The van der Waals surface area contributed by atoms with Gasteiger partial charge in [0, 0.05) is 6.54 Å². The molecule has 156 valence electrons. The van der Waals surface area contributed by atoms with Gasteiger partial charge in [0.15, 0.2) is 0 Å². The Morgan fingerprint density at radius 1 is 1.29 bits per heavy atom. The maximum atomic E-state index is 12.7. The first-order valence-electron chi connectivity index (χ1n) is 9.44. The average molecular weight is 413 g/mol. The van der Waals surface area contributed by atoms with Crippen LogP contribution in [0.15, 0.2) is 30.3 Å². The molecule has 1 amide bonds. The van der Waals surface area contributed by atoms with Crippen molar-refractivity contribution < 1.29 is 24.2 Å². The van der Waals surface area contributed by atoms with Crippen molar-refractivity contribution in [2.24, 2.45) is 0 Å². The molecule has 0 unspecified atom stereocenters. The number of carbonyl (C=O) groups excluding carboxylic acids is 2. The number of carboxylic acids is 1. The third kappa shape index (κ3) is 6.49. The van der Waals surface area contributed by atoms with Gasteiger partial charge in [-0.2, -0.15) is 0 Å². The number of nitrogens with one attached hydrogen (secondary N) is 1. The monoisotopic (exact) mass is 412 g/mol. The third-order valence-corrected chi connectivity index (χ3v) is 4.78. The molecule has 28 heavy (non-hydrogen) atoms. The number of carbonyl (C=O) groups is 3. The number of esters is 1. The number of rotatable bonds is 9. The van der Waals surface area contributed by atoms with E-state index in [1.807, 2.05) is 30.3 Å². The number of aliphatic carboxylic acids is 1. The second-order valence-corrected chi connectivity index (χ2v) is 6.75.